The fourth-order valence-electron chi connectivity index (χ4n) is 3.23. The van der Waals surface area contributed by atoms with Crippen LogP contribution in [0, 0.1) is 0 Å². The van der Waals surface area contributed by atoms with Crippen LogP contribution in [0.25, 0.3) is 0 Å². The summed E-state index contributed by atoms with van der Waals surface area (Å²) < 4.78 is 7.75. The molecular formula is C16H29N3O. The number of hydrogen-bond acceptors (Lipinski definition) is 3. The van der Waals surface area contributed by atoms with Crippen LogP contribution in [0.3, 0.4) is 0 Å². The summed E-state index contributed by atoms with van der Waals surface area (Å²) >= 11 is 0. The maximum absolute atomic E-state index is 6.30. The van der Waals surface area contributed by atoms with Gasteiger partial charge in [-0.15, -0.1) is 0 Å². The Bertz CT molecular complexity index is 402. The van der Waals surface area contributed by atoms with E-state index in [2.05, 4.69) is 35.9 Å². The number of rotatable bonds is 8. The first kappa shape index (κ1) is 15.5. The van der Waals surface area contributed by atoms with E-state index in [1.165, 1.54) is 6.42 Å². The van der Waals surface area contributed by atoms with Gasteiger partial charge in [0.1, 0.15) is 0 Å². The topological polar surface area (TPSA) is 53.1 Å². The molecule has 1 unspecified atom stereocenters. The number of hydrogen-bond donors (Lipinski definition) is 1. The van der Waals surface area contributed by atoms with Gasteiger partial charge in [-0.25, -0.2) is 0 Å². The van der Waals surface area contributed by atoms with Crippen molar-refractivity contribution in [1.29, 1.82) is 0 Å². The van der Waals surface area contributed by atoms with E-state index in [1.54, 1.807) is 0 Å². The van der Waals surface area contributed by atoms with Crippen LogP contribution in [-0.4, -0.2) is 28.5 Å². The lowest BCUT2D eigenvalue weighted by Crippen LogP contribution is -2.45. The Hall–Kier alpha value is -0.870. The van der Waals surface area contributed by atoms with Crippen LogP contribution >= 0.6 is 0 Å². The van der Waals surface area contributed by atoms with Crippen molar-refractivity contribution in [1.82, 2.24) is 9.78 Å². The average molecular weight is 279 g/mol. The Morgan fingerprint density at radius 2 is 2.10 bits per heavy atom. The molecule has 1 atom stereocenters. The number of nitrogens with zero attached hydrogens (tertiary/aromatic N) is 2. The van der Waals surface area contributed by atoms with Crippen LogP contribution in [0.5, 0.6) is 0 Å². The van der Waals surface area contributed by atoms with Gasteiger partial charge in [-0.3, -0.25) is 4.68 Å². The highest BCUT2D eigenvalue weighted by Crippen LogP contribution is 2.38. The van der Waals surface area contributed by atoms with E-state index in [-0.39, 0.29) is 11.6 Å². The van der Waals surface area contributed by atoms with Crippen LogP contribution in [0.1, 0.15) is 64.1 Å². The molecule has 4 heteroatoms. The van der Waals surface area contributed by atoms with Gasteiger partial charge in [0.05, 0.1) is 17.3 Å². The van der Waals surface area contributed by atoms with Crippen LogP contribution in [0.2, 0.25) is 0 Å². The maximum Gasteiger partial charge on any atom is 0.0693 e. The molecule has 4 nitrogen and oxygen atoms in total. The van der Waals surface area contributed by atoms with Gasteiger partial charge in [0, 0.05) is 25.8 Å². The molecule has 1 fully saturated rings. The Balaban J connectivity index is 1.89. The molecule has 1 aromatic rings. The molecule has 1 heterocycles. The highest BCUT2D eigenvalue weighted by molar-refractivity contribution is 5.04. The SMILES string of the molecule is CCC(CC)n1ccc(CC(N)CC2(OC)CCC2)n1. The number of methoxy groups -OCH3 is 1. The summed E-state index contributed by atoms with van der Waals surface area (Å²) in [4.78, 5) is 0. The molecule has 2 N–H and O–H groups in total. The first-order valence-corrected chi connectivity index (χ1v) is 7.97. The highest BCUT2D eigenvalue weighted by Gasteiger charge is 2.38. The van der Waals surface area contributed by atoms with Gasteiger partial charge >= 0.3 is 0 Å². The summed E-state index contributed by atoms with van der Waals surface area (Å²) in [7, 11) is 1.81. The third-order valence-electron chi connectivity index (χ3n) is 4.78. The van der Waals surface area contributed by atoms with Crippen molar-refractivity contribution >= 4 is 0 Å². The minimum atomic E-state index is 0.0529. The zero-order valence-electron chi connectivity index (χ0n) is 13.1. The molecule has 20 heavy (non-hydrogen) atoms. The summed E-state index contributed by atoms with van der Waals surface area (Å²) in [5.41, 5.74) is 7.46. The van der Waals surface area contributed by atoms with Gasteiger partial charge in [0.25, 0.3) is 0 Å². The van der Waals surface area contributed by atoms with E-state index in [4.69, 9.17) is 10.5 Å². The second-order valence-corrected chi connectivity index (χ2v) is 6.17. The minimum Gasteiger partial charge on any atom is -0.378 e. The van der Waals surface area contributed by atoms with Crippen molar-refractivity contribution in [3.8, 4) is 0 Å². The molecule has 0 saturated heterocycles. The van der Waals surface area contributed by atoms with Crippen molar-refractivity contribution in [3.05, 3.63) is 18.0 Å². The monoisotopic (exact) mass is 279 g/mol. The summed E-state index contributed by atoms with van der Waals surface area (Å²) in [5, 5.41) is 4.69. The standard InChI is InChI=1S/C16H29N3O/c1-4-15(5-2)19-10-7-14(18-19)11-13(17)12-16(20-3)8-6-9-16/h7,10,13,15H,4-6,8-9,11-12,17H2,1-3H3. The zero-order chi connectivity index (χ0) is 14.6. The summed E-state index contributed by atoms with van der Waals surface area (Å²) in [6.45, 7) is 4.42. The van der Waals surface area contributed by atoms with E-state index in [0.29, 0.717) is 6.04 Å². The predicted octanol–water partition coefficient (Wildman–Crippen LogP) is 3.07. The van der Waals surface area contributed by atoms with Crippen molar-refractivity contribution in [2.24, 2.45) is 5.73 Å². The van der Waals surface area contributed by atoms with Crippen LogP contribution in [0.4, 0.5) is 0 Å². The maximum atomic E-state index is 6.30. The second kappa shape index (κ2) is 6.72. The normalized spacial score (nSPS) is 19.1. The van der Waals surface area contributed by atoms with Gasteiger partial charge < -0.3 is 10.5 Å². The predicted molar refractivity (Wildman–Crippen MR) is 81.7 cm³/mol. The summed E-state index contributed by atoms with van der Waals surface area (Å²) in [5.74, 6) is 0. The third-order valence-corrected chi connectivity index (χ3v) is 4.78. The number of nitrogens with two attached hydrogens (primary N) is 1. The fourth-order valence-corrected chi connectivity index (χ4v) is 3.23. The Labute approximate surface area is 122 Å². The molecule has 1 saturated carbocycles. The van der Waals surface area contributed by atoms with Crippen LogP contribution in [0.15, 0.2) is 12.3 Å². The molecule has 1 aliphatic carbocycles. The van der Waals surface area contributed by atoms with E-state index < -0.39 is 0 Å². The average Bonchev–Trinajstić information content (AvgIpc) is 2.84. The Morgan fingerprint density at radius 1 is 1.40 bits per heavy atom. The summed E-state index contributed by atoms with van der Waals surface area (Å²) in [6, 6.07) is 2.76. The van der Waals surface area contributed by atoms with Gasteiger partial charge in [-0.05, 0) is 44.6 Å². The molecule has 0 amide bonds. The molecule has 0 aliphatic heterocycles. The van der Waals surface area contributed by atoms with E-state index in [9.17, 15) is 0 Å². The Morgan fingerprint density at radius 3 is 2.60 bits per heavy atom. The van der Waals surface area contributed by atoms with Gasteiger partial charge in [-0.1, -0.05) is 13.8 Å². The second-order valence-electron chi connectivity index (χ2n) is 6.17. The minimum absolute atomic E-state index is 0.0529. The molecule has 1 aliphatic rings. The lowest BCUT2D eigenvalue weighted by atomic mass is 9.75. The van der Waals surface area contributed by atoms with E-state index in [0.717, 1.165) is 44.2 Å². The summed E-state index contributed by atoms with van der Waals surface area (Å²) in [6.07, 6.45) is 9.70. The quantitative estimate of drug-likeness (QED) is 0.795. The smallest absolute Gasteiger partial charge is 0.0693 e. The first-order valence-electron chi connectivity index (χ1n) is 7.97. The van der Waals surface area contributed by atoms with Crippen molar-refractivity contribution in [2.75, 3.05) is 7.11 Å². The van der Waals surface area contributed by atoms with Gasteiger partial charge in [0.2, 0.25) is 0 Å². The molecule has 0 bridgehead atoms. The molecule has 0 aromatic carbocycles. The fraction of sp³-hybridized carbons (Fsp3) is 0.812. The largest absolute Gasteiger partial charge is 0.378 e. The number of aromatic nitrogens is 2. The first-order chi connectivity index (χ1) is 9.62. The van der Waals surface area contributed by atoms with Gasteiger partial charge in [-0.2, -0.15) is 5.10 Å². The zero-order valence-corrected chi connectivity index (χ0v) is 13.1. The Kier molecular flexibility index (Phi) is 5.22. The molecular weight excluding hydrogens is 250 g/mol. The van der Waals surface area contributed by atoms with Crippen molar-refractivity contribution in [3.63, 3.8) is 0 Å². The lowest BCUT2D eigenvalue weighted by molar-refractivity contribution is -0.0813. The lowest BCUT2D eigenvalue weighted by Gasteiger charge is -2.42. The van der Waals surface area contributed by atoms with E-state index >= 15 is 0 Å². The molecule has 114 valence electrons. The van der Waals surface area contributed by atoms with Crippen LogP contribution in [-0.2, 0) is 11.2 Å². The van der Waals surface area contributed by atoms with E-state index in [1.807, 2.05) is 7.11 Å². The highest BCUT2D eigenvalue weighted by atomic mass is 16.5. The van der Waals surface area contributed by atoms with Gasteiger partial charge in [0.15, 0.2) is 0 Å². The molecule has 0 spiro atoms. The van der Waals surface area contributed by atoms with Crippen molar-refractivity contribution in [2.45, 2.75) is 76.5 Å². The molecule has 2 rings (SSSR count). The number of ether oxygens (including phenoxy) is 1. The van der Waals surface area contributed by atoms with Crippen LogP contribution < -0.4 is 5.73 Å². The van der Waals surface area contributed by atoms with Crippen molar-refractivity contribution < 1.29 is 4.74 Å². The third kappa shape index (κ3) is 3.41. The molecule has 1 aromatic heterocycles. The molecule has 0 radical (unpaired) electrons.